The Hall–Kier alpha value is -4.61. The molecule has 4 N–H and O–H groups in total. The molecule has 0 radical (unpaired) electrons. The molecular weight excluding hydrogens is 496 g/mol. The van der Waals surface area contributed by atoms with Crippen molar-refractivity contribution in [2.45, 2.75) is 38.3 Å². The standard InChI is InChI=1S/C26H25F2N7O3/c1-13(25(36)33-18-8-4-7-16(27)20(18)26(37)32-15-5-3-6-15)35-24-21(23(29)30-12-31-24)22(34-35)14-9-10-19(38-2)17(28)11-14/h4,7-13,15H,3,5-6H2,1-2H3,(H,32,37)(H,33,36)(H2,29,30,31)/t13-/m0/s1. The van der Waals surface area contributed by atoms with Crippen LogP contribution in [0.15, 0.2) is 42.7 Å². The minimum absolute atomic E-state index is 0.00799. The molecule has 4 aromatic rings. The van der Waals surface area contributed by atoms with E-state index in [2.05, 4.69) is 25.7 Å². The van der Waals surface area contributed by atoms with Crippen LogP contribution in [0.5, 0.6) is 5.75 Å². The molecule has 2 aromatic heterocycles. The van der Waals surface area contributed by atoms with Crippen LogP contribution in [0.1, 0.15) is 42.6 Å². The second-order valence-corrected chi connectivity index (χ2v) is 9.03. The number of benzene rings is 2. The summed E-state index contributed by atoms with van der Waals surface area (Å²) in [6.45, 7) is 1.56. The molecule has 0 bridgehead atoms. The van der Waals surface area contributed by atoms with Gasteiger partial charge in [0.05, 0.1) is 23.7 Å². The van der Waals surface area contributed by atoms with Gasteiger partial charge in [-0.2, -0.15) is 5.10 Å². The number of anilines is 2. The molecule has 12 heteroatoms. The maximum Gasteiger partial charge on any atom is 0.256 e. The summed E-state index contributed by atoms with van der Waals surface area (Å²) < 4.78 is 35.5. The van der Waals surface area contributed by atoms with E-state index in [1.807, 2.05) is 0 Å². The molecule has 5 rings (SSSR count). The summed E-state index contributed by atoms with van der Waals surface area (Å²) in [7, 11) is 1.36. The Bertz CT molecular complexity index is 1550. The topological polar surface area (TPSA) is 137 Å². The highest BCUT2D eigenvalue weighted by Gasteiger charge is 2.28. The molecule has 2 amide bonds. The maximum atomic E-state index is 14.7. The number of aromatic nitrogens is 4. The Labute approximate surface area is 216 Å². The number of fused-ring (bicyclic) bond motifs is 1. The summed E-state index contributed by atoms with van der Waals surface area (Å²) in [5.74, 6) is -2.37. The summed E-state index contributed by atoms with van der Waals surface area (Å²) in [6, 6.07) is 7.33. The highest BCUT2D eigenvalue weighted by molar-refractivity contribution is 6.05. The lowest BCUT2D eigenvalue weighted by atomic mass is 9.93. The number of nitrogens with one attached hydrogen (secondary N) is 2. The van der Waals surface area contributed by atoms with Crippen molar-refractivity contribution in [3.63, 3.8) is 0 Å². The van der Waals surface area contributed by atoms with Crippen molar-refractivity contribution in [3.05, 3.63) is 59.9 Å². The number of hydrogen-bond donors (Lipinski definition) is 3. The van der Waals surface area contributed by atoms with Crippen LogP contribution in [0.25, 0.3) is 22.3 Å². The lowest BCUT2D eigenvalue weighted by Crippen LogP contribution is -2.40. The molecule has 1 aliphatic rings. The van der Waals surface area contributed by atoms with Crippen LogP contribution in [0, 0.1) is 11.6 Å². The quantitative estimate of drug-likeness (QED) is 0.336. The van der Waals surface area contributed by atoms with Gasteiger partial charge in [-0.1, -0.05) is 6.07 Å². The van der Waals surface area contributed by atoms with Gasteiger partial charge in [0.2, 0.25) is 5.91 Å². The van der Waals surface area contributed by atoms with Crippen LogP contribution >= 0.6 is 0 Å². The Balaban J connectivity index is 1.49. The van der Waals surface area contributed by atoms with E-state index in [0.29, 0.717) is 10.9 Å². The third-order valence-corrected chi connectivity index (χ3v) is 6.63. The fourth-order valence-corrected chi connectivity index (χ4v) is 4.30. The Morgan fingerprint density at radius 1 is 1.16 bits per heavy atom. The number of rotatable bonds is 7. The summed E-state index contributed by atoms with van der Waals surface area (Å²) in [4.78, 5) is 34.4. The van der Waals surface area contributed by atoms with Crippen LogP contribution in [0.2, 0.25) is 0 Å². The predicted molar refractivity (Wildman–Crippen MR) is 137 cm³/mol. The van der Waals surface area contributed by atoms with Crippen LogP contribution in [-0.4, -0.2) is 44.7 Å². The normalized spacial score (nSPS) is 14.1. The number of carbonyl (C=O) groups is 2. The van der Waals surface area contributed by atoms with Gasteiger partial charge >= 0.3 is 0 Å². The number of nitrogens with zero attached hydrogens (tertiary/aromatic N) is 4. The van der Waals surface area contributed by atoms with Crippen molar-refractivity contribution in [1.82, 2.24) is 25.1 Å². The molecule has 0 aliphatic heterocycles. The van der Waals surface area contributed by atoms with E-state index >= 15 is 0 Å². The molecule has 1 aliphatic carbocycles. The molecule has 196 valence electrons. The third-order valence-electron chi connectivity index (χ3n) is 6.63. The summed E-state index contributed by atoms with van der Waals surface area (Å²) >= 11 is 0. The lowest BCUT2D eigenvalue weighted by Gasteiger charge is -2.27. The van der Waals surface area contributed by atoms with Crippen molar-refractivity contribution in [1.29, 1.82) is 0 Å². The number of nitrogens with two attached hydrogens (primary N) is 1. The maximum absolute atomic E-state index is 14.7. The van der Waals surface area contributed by atoms with Gasteiger partial charge in [-0.15, -0.1) is 0 Å². The van der Waals surface area contributed by atoms with Gasteiger partial charge in [-0.3, -0.25) is 9.59 Å². The number of nitrogen functional groups attached to an aromatic ring is 1. The first-order valence-electron chi connectivity index (χ1n) is 12.0. The van der Waals surface area contributed by atoms with E-state index in [1.165, 1.54) is 42.4 Å². The largest absolute Gasteiger partial charge is 0.494 e. The van der Waals surface area contributed by atoms with Crippen molar-refractivity contribution < 1.29 is 23.1 Å². The van der Waals surface area contributed by atoms with E-state index < -0.39 is 29.5 Å². The van der Waals surface area contributed by atoms with E-state index in [0.717, 1.165) is 25.3 Å². The van der Waals surface area contributed by atoms with E-state index in [4.69, 9.17) is 10.5 Å². The zero-order valence-corrected chi connectivity index (χ0v) is 20.7. The number of methoxy groups -OCH3 is 1. The minimum atomic E-state index is -0.977. The Morgan fingerprint density at radius 2 is 1.95 bits per heavy atom. The van der Waals surface area contributed by atoms with Gasteiger partial charge in [-0.05, 0) is 56.5 Å². The SMILES string of the molecule is COc1ccc(-c2nn([C@@H](C)C(=O)Nc3cccc(F)c3C(=O)NC3CCC3)c3ncnc(N)c23)cc1F. The average Bonchev–Trinajstić information content (AvgIpc) is 3.26. The zero-order chi connectivity index (χ0) is 27.0. The van der Waals surface area contributed by atoms with Crippen molar-refractivity contribution in [3.8, 4) is 17.0 Å². The zero-order valence-electron chi connectivity index (χ0n) is 20.7. The fourth-order valence-electron chi connectivity index (χ4n) is 4.30. The van der Waals surface area contributed by atoms with Crippen LogP contribution in [0.4, 0.5) is 20.3 Å². The van der Waals surface area contributed by atoms with Crippen LogP contribution < -0.4 is 21.1 Å². The molecule has 1 fully saturated rings. The van der Waals surface area contributed by atoms with Crippen LogP contribution in [0.3, 0.4) is 0 Å². The smallest absolute Gasteiger partial charge is 0.256 e. The van der Waals surface area contributed by atoms with Gasteiger partial charge in [0.25, 0.3) is 5.91 Å². The number of halogens is 2. The van der Waals surface area contributed by atoms with Gasteiger partial charge in [0.1, 0.15) is 29.7 Å². The van der Waals surface area contributed by atoms with E-state index in [1.54, 1.807) is 13.0 Å². The number of hydrogen-bond acceptors (Lipinski definition) is 7. The highest BCUT2D eigenvalue weighted by Crippen LogP contribution is 2.34. The second-order valence-electron chi connectivity index (χ2n) is 9.03. The molecule has 38 heavy (non-hydrogen) atoms. The molecule has 1 saturated carbocycles. The van der Waals surface area contributed by atoms with Gasteiger partial charge in [0.15, 0.2) is 17.2 Å². The Kier molecular flexibility index (Phi) is 6.62. The molecule has 2 aromatic carbocycles. The van der Waals surface area contributed by atoms with Crippen molar-refractivity contribution in [2.75, 3.05) is 18.2 Å². The monoisotopic (exact) mass is 521 g/mol. The first kappa shape index (κ1) is 25.1. The lowest BCUT2D eigenvalue weighted by molar-refractivity contribution is -0.119. The second kappa shape index (κ2) is 10.0. The fraction of sp³-hybridized carbons (Fsp3) is 0.269. The van der Waals surface area contributed by atoms with Gasteiger partial charge in [-0.25, -0.2) is 23.4 Å². The first-order valence-corrected chi connectivity index (χ1v) is 12.0. The van der Waals surface area contributed by atoms with Crippen LogP contribution in [-0.2, 0) is 4.79 Å². The summed E-state index contributed by atoms with van der Waals surface area (Å²) in [5, 5.41) is 10.3. The molecule has 0 unspecified atom stereocenters. The van der Waals surface area contributed by atoms with E-state index in [-0.39, 0.29) is 40.2 Å². The van der Waals surface area contributed by atoms with Gasteiger partial charge in [0, 0.05) is 11.6 Å². The van der Waals surface area contributed by atoms with Gasteiger partial charge < -0.3 is 21.1 Å². The highest BCUT2D eigenvalue weighted by atomic mass is 19.1. The molecule has 1 atom stereocenters. The molecule has 0 spiro atoms. The summed E-state index contributed by atoms with van der Waals surface area (Å²) in [5.41, 5.74) is 6.79. The molecular formula is C26H25F2N7O3. The summed E-state index contributed by atoms with van der Waals surface area (Å²) in [6.07, 6.45) is 3.89. The first-order chi connectivity index (χ1) is 18.3. The number of ether oxygens (including phenoxy) is 1. The molecule has 10 nitrogen and oxygen atoms in total. The number of amides is 2. The molecule has 2 heterocycles. The third kappa shape index (κ3) is 4.49. The minimum Gasteiger partial charge on any atom is -0.494 e. The predicted octanol–water partition coefficient (Wildman–Crippen LogP) is 3.84. The molecule has 0 saturated heterocycles. The Morgan fingerprint density at radius 3 is 2.63 bits per heavy atom. The van der Waals surface area contributed by atoms with Crippen molar-refractivity contribution >= 4 is 34.4 Å². The average molecular weight is 522 g/mol. The van der Waals surface area contributed by atoms with Crippen molar-refractivity contribution in [2.24, 2.45) is 0 Å². The van der Waals surface area contributed by atoms with E-state index in [9.17, 15) is 18.4 Å². The number of carbonyl (C=O) groups excluding carboxylic acids is 2.